The smallest absolute Gasteiger partial charge is 0.197 e. The van der Waals surface area contributed by atoms with Gasteiger partial charge in [-0.3, -0.25) is 4.79 Å². The Hall–Kier alpha value is -2.09. The summed E-state index contributed by atoms with van der Waals surface area (Å²) >= 11 is 0. The third-order valence-electron chi connectivity index (χ3n) is 3.44. The van der Waals surface area contributed by atoms with Crippen molar-refractivity contribution in [1.82, 2.24) is 4.57 Å². The number of hydrogen-bond donors (Lipinski definition) is 0. The molecule has 0 aliphatic heterocycles. The first kappa shape index (κ1) is 11.0. The molecule has 2 nitrogen and oxygen atoms in total. The maximum atomic E-state index is 12.5. The number of aryl methyl sites for hydroxylation is 2. The third kappa shape index (κ3) is 1.46. The van der Waals surface area contributed by atoms with Crippen LogP contribution in [0.25, 0.3) is 21.8 Å². The topological polar surface area (TPSA) is 22.0 Å². The van der Waals surface area contributed by atoms with Crippen LogP contribution >= 0.6 is 0 Å². The van der Waals surface area contributed by atoms with E-state index in [1.807, 2.05) is 43.3 Å². The minimum absolute atomic E-state index is 0.133. The SMILES string of the molecule is CCn1c2ccccc2c(=O)c2cc(C)ccc21. The van der Waals surface area contributed by atoms with E-state index in [4.69, 9.17) is 0 Å². The highest BCUT2D eigenvalue weighted by atomic mass is 16.1. The van der Waals surface area contributed by atoms with Gasteiger partial charge in [-0.25, -0.2) is 0 Å². The van der Waals surface area contributed by atoms with E-state index in [0.717, 1.165) is 33.9 Å². The molecule has 0 unspecified atom stereocenters. The predicted octanol–water partition coefficient (Wildman–Crippen LogP) is 3.48. The molecule has 0 aliphatic rings. The average Bonchev–Trinajstić information content (AvgIpc) is 2.40. The van der Waals surface area contributed by atoms with Crippen molar-refractivity contribution in [3.05, 3.63) is 58.3 Å². The molecular weight excluding hydrogens is 222 g/mol. The molecule has 0 saturated carbocycles. The predicted molar refractivity (Wildman–Crippen MR) is 76.1 cm³/mol. The molecule has 0 spiro atoms. The molecule has 90 valence electrons. The van der Waals surface area contributed by atoms with Crippen molar-refractivity contribution in [2.75, 3.05) is 0 Å². The molecule has 0 N–H and O–H groups in total. The second-order valence-electron chi connectivity index (χ2n) is 4.61. The van der Waals surface area contributed by atoms with Gasteiger partial charge in [-0.05, 0) is 38.1 Å². The molecule has 2 aromatic carbocycles. The van der Waals surface area contributed by atoms with Crippen LogP contribution in [0, 0.1) is 6.92 Å². The highest BCUT2D eigenvalue weighted by Crippen LogP contribution is 2.19. The number of pyridine rings is 1. The second-order valence-corrected chi connectivity index (χ2v) is 4.61. The summed E-state index contributed by atoms with van der Waals surface area (Å²) in [5.74, 6) is 0. The summed E-state index contributed by atoms with van der Waals surface area (Å²) < 4.78 is 2.20. The molecule has 3 rings (SSSR count). The largest absolute Gasteiger partial charge is 0.341 e. The standard InChI is InChI=1S/C16H15NO/c1-3-17-14-7-5-4-6-12(14)16(18)13-10-11(2)8-9-15(13)17/h4-10H,3H2,1-2H3. The molecule has 3 aromatic rings. The van der Waals surface area contributed by atoms with Gasteiger partial charge in [0.1, 0.15) is 0 Å². The van der Waals surface area contributed by atoms with Gasteiger partial charge >= 0.3 is 0 Å². The molecule has 0 saturated heterocycles. The van der Waals surface area contributed by atoms with Crippen molar-refractivity contribution in [3.8, 4) is 0 Å². The molecule has 0 bridgehead atoms. The Balaban J connectivity index is 2.66. The lowest BCUT2D eigenvalue weighted by Gasteiger charge is -2.13. The fourth-order valence-corrected chi connectivity index (χ4v) is 2.58. The lowest BCUT2D eigenvalue weighted by Crippen LogP contribution is -2.10. The summed E-state index contributed by atoms with van der Waals surface area (Å²) in [5.41, 5.74) is 3.29. The zero-order valence-corrected chi connectivity index (χ0v) is 10.6. The minimum atomic E-state index is 0.133. The van der Waals surface area contributed by atoms with Gasteiger partial charge in [-0.1, -0.05) is 23.8 Å². The second kappa shape index (κ2) is 3.98. The van der Waals surface area contributed by atoms with E-state index in [1.165, 1.54) is 0 Å². The fraction of sp³-hybridized carbons (Fsp3) is 0.188. The summed E-state index contributed by atoms with van der Waals surface area (Å²) in [6.07, 6.45) is 0. The van der Waals surface area contributed by atoms with Crippen LogP contribution < -0.4 is 5.43 Å². The van der Waals surface area contributed by atoms with Crippen molar-refractivity contribution >= 4 is 21.8 Å². The summed E-state index contributed by atoms with van der Waals surface area (Å²) in [6.45, 7) is 4.99. The van der Waals surface area contributed by atoms with Crippen LogP contribution in [-0.4, -0.2) is 4.57 Å². The molecule has 1 aromatic heterocycles. The van der Waals surface area contributed by atoms with Crippen molar-refractivity contribution < 1.29 is 0 Å². The zero-order chi connectivity index (χ0) is 12.7. The monoisotopic (exact) mass is 237 g/mol. The number of para-hydroxylation sites is 1. The van der Waals surface area contributed by atoms with Gasteiger partial charge in [0, 0.05) is 17.3 Å². The molecule has 0 aliphatic carbocycles. The molecule has 0 fully saturated rings. The average molecular weight is 237 g/mol. The van der Waals surface area contributed by atoms with E-state index in [1.54, 1.807) is 0 Å². The Bertz CT molecular complexity index is 799. The van der Waals surface area contributed by atoms with E-state index in [9.17, 15) is 4.79 Å². The molecule has 18 heavy (non-hydrogen) atoms. The van der Waals surface area contributed by atoms with Crippen molar-refractivity contribution in [2.24, 2.45) is 0 Å². The number of benzene rings is 2. The van der Waals surface area contributed by atoms with E-state index in [-0.39, 0.29) is 5.43 Å². The molecule has 0 radical (unpaired) electrons. The van der Waals surface area contributed by atoms with Crippen molar-refractivity contribution in [1.29, 1.82) is 0 Å². The minimum Gasteiger partial charge on any atom is -0.341 e. The lowest BCUT2D eigenvalue weighted by molar-refractivity contribution is 0.821. The Morgan fingerprint density at radius 1 is 1.00 bits per heavy atom. The molecule has 2 heteroatoms. The number of fused-ring (bicyclic) bond motifs is 2. The fourth-order valence-electron chi connectivity index (χ4n) is 2.58. The Morgan fingerprint density at radius 3 is 2.50 bits per heavy atom. The van der Waals surface area contributed by atoms with Crippen molar-refractivity contribution in [3.63, 3.8) is 0 Å². The first-order valence-corrected chi connectivity index (χ1v) is 6.24. The van der Waals surface area contributed by atoms with Crippen LogP contribution in [0.4, 0.5) is 0 Å². The zero-order valence-electron chi connectivity index (χ0n) is 10.6. The van der Waals surface area contributed by atoms with E-state index >= 15 is 0 Å². The van der Waals surface area contributed by atoms with Crippen LogP contribution in [0.3, 0.4) is 0 Å². The third-order valence-corrected chi connectivity index (χ3v) is 3.44. The maximum Gasteiger partial charge on any atom is 0.197 e. The van der Waals surface area contributed by atoms with Gasteiger partial charge in [0.15, 0.2) is 5.43 Å². The number of rotatable bonds is 1. The van der Waals surface area contributed by atoms with Crippen molar-refractivity contribution in [2.45, 2.75) is 20.4 Å². The first-order valence-electron chi connectivity index (χ1n) is 6.24. The summed E-state index contributed by atoms with van der Waals surface area (Å²) in [4.78, 5) is 12.5. The Labute approximate surface area is 105 Å². The maximum absolute atomic E-state index is 12.5. The van der Waals surface area contributed by atoms with Gasteiger partial charge < -0.3 is 4.57 Å². The Morgan fingerprint density at radius 2 is 1.72 bits per heavy atom. The lowest BCUT2D eigenvalue weighted by atomic mass is 10.1. The summed E-state index contributed by atoms with van der Waals surface area (Å²) in [7, 11) is 0. The van der Waals surface area contributed by atoms with Gasteiger partial charge in [0.2, 0.25) is 0 Å². The normalized spacial score (nSPS) is 11.2. The van der Waals surface area contributed by atoms with Gasteiger partial charge in [0.05, 0.1) is 11.0 Å². The van der Waals surface area contributed by atoms with E-state index in [2.05, 4.69) is 17.6 Å². The first-order chi connectivity index (χ1) is 8.72. The van der Waals surface area contributed by atoms with Crippen LogP contribution in [0.5, 0.6) is 0 Å². The quantitative estimate of drug-likeness (QED) is 0.594. The molecule has 0 atom stereocenters. The number of aromatic nitrogens is 1. The molecule has 1 heterocycles. The van der Waals surface area contributed by atoms with Gasteiger partial charge in [0.25, 0.3) is 0 Å². The van der Waals surface area contributed by atoms with Gasteiger partial charge in [-0.15, -0.1) is 0 Å². The Kier molecular flexibility index (Phi) is 2.44. The van der Waals surface area contributed by atoms with Crippen LogP contribution in [-0.2, 0) is 6.54 Å². The molecular formula is C16H15NO. The highest BCUT2D eigenvalue weighted by molar-refractivity contribution is 5.93. The van der Waals surface area contributed by atoms with Crippen LogP contribution in [0.2, 0.25) is 0 Å². The van der Waals surface area contributed by atoms with E-state index in [0.29, 0.717) is 0 Å². The number of nitrogens with zero attached hydrogens (tertiary/aromatic N) is 1. The summed E-state index contributed by atoms with van der Waals surface area (Å²) in [6, 6.07) is 13.9. The number of hydrogen-bond acceptors (Lipinski definition) is 1. The summed E-state index contributed by atoms with van der Waals surface area (Å²) in [5, 5.41) is 1.62. The molecule has 0 amide bonds. The highest BCUT2D eigenvalue weighted by Gasteiger charge is 2.08. The van der Waals surface area contributed by atoms with Crippen LogP contribution in [0.1, 0.15) is 12.5 Å². The van der Waals surface area contributed by atoms with Crippen LogP contribution in [0.15, 0.2) is 47.3 Å². The van der Waals surface area contributed by atoms with Gasteiger partial charge in [-0.2, -0.15) is 0 Å². The van der Waals surface area contributed by atoms with E-state index < -0.39 is 0 Å².